The molecule has 0 spiro atoms. The molecule has 0 aliphatic carbocycles. The first-order valence-corrected chi connectivity index (χ1v) is 5.68. The molecule has 17 heavy (non-hydrogen) atoms. The van der Waals surface area contributed by atoms with Crippen molar-refractivity contribution in [1.29, 1.82) is 0 Å². The Morgan fingerprint density at radius 2 is 1.76 bits per heavy atom. The highest BCUT2D eigenvalue weighted by atomic mass is 35.5. The molecule has 0 aromatic heterocycles. The predicted molar refractivity (Wildman–Crippen MR) is 70.3 cm³/mol. The highest BCUT2D eigenvalue weighted by Gasteiger charge is 2.03. The van der Waals surface area contributed by atoms with Crippen LogP contribution in [0.3, 0.4) is 0 Å². The van der Waals surface area contributed by atoms with Crippen molar-refractivity contribution in [3.63, 3.8) is 0 Å². The van der Waals surface area contributed by atoms with Gasteiger partial charge in [0.1, 0.15) is 0 Å². The van der Waals surface area contributed by atoms with Crippen LogP contribution in [-0.4, -0.2) is 12.3 Å². The highest BCUT2D eigenvalue weighted by Crippen LogP contribution is 2.22. The van der Waals surface area contributed by atoms with E-state index in [1.54, 1.807) is 12.1 Å². The first kappa shape index (κ1) is 11.8. The molecule has 2 aromatic rings. The van der Waals surface area contributed by atoms with E-state index in [-0.39, 0.29) is 12.3 Å². The van der Waals surface area contributed by atoms with Gasteiger partial charge in [0.25, 0.3) is 0 Å². The van der Waals surface area contributed by atoms with Gasteiger partial charge in [0.2, 0.25) is 0 Å². The molecule has 0 heterocycles. The molecule has 0 bridgehead atoms. The maximum Gasteiger partial charge on any atom is 0.176 e. The van der Waals surface area contributed by atoms with Gasteiger partial charge in [0.15, 0.2) is 5.78 Å². The lowest BCUT2D eigenvalue weighted by Crippen LogP contribution is -2.13. The summed E-state index contributed by atoms with van der Waals surface area (Å²) in [5.41, 5.74) is 8.00. The summed E-state index contributed by atoms with van der Waals surface area (Å²) >= 11 is 5.93. The van der Waals surface area contributed by atoms with Gasteiger partial charge in [0, 0.05) is 10.6 Å². The van der Waals surface area contributed by atoms with Crippen LogP contribution in [0.2, 0.25) is 5.02 Å². The van der Waals surface area contributed by atoms with Gasteiger partial charge >= 0.3 is 0 Å². The Morgan fingerprint density at radius 1 is 1.06 bits per heavy atom. The third-order valence-corrected chi connectivity index (χ3v) is 2.79. The molecule has 0 aliphatic rings. The van der Waals surface area contributed by atoms with Gasteiger partial charge in [0.05, 0.1) is 6.54 Å². The average molecular weight is 246 g/mol. The standard InChI is InChI=1S/C14H12ClNO/c15-13-3-1-2-12(8-13)10-4-6-11(7-5-10)14(17)9-16/h1-8H,9,16H2. The van der Waals surface area contributed by atoms with Crippen LogP contribution in [0.25, 0.3) is 11.1 Å². The van der Waals surface area contributed by atoms with Crippen LogP contribution in [-0.2, 0) is 0 Å². The van der Waals surface area contributed by atoms with Crippen LogP contribution in [0, 0.1) is 0 Å². The lowest BCUT2D eigenvalue weighted by molar-refractivity contribution is 0.100. The van der Waals surface area contributed by atoms with Gasteiger partial charge in [-0.15, -0.1) is 0 Å². The molecule has 3 heteroatoms. The summed E-state index contributed by atoms with van der Waals surface area (Å²) in [5.74, 6) is -0.0531. The van der Waals surface area contributed by atoms with Crippen molar-refractivity contribution in [2.45, 2.75) is 0 Å². The zero-order valence-electron chi connectivity index (χ0n) is 9.19. The number of carbonyl (C=O) groups excluding carboxylic acids is 1. The fourth-order valence-corrected chi connectivity index (χ4v) is 1.82. The fraction of sp³-hybridized carbons (Fsp3) is 0.0714. The Kier molecular flexibility index (Phi) is 3.57. The summed E-state index contributed by atoms with van der Waals surface area (Å²) in [6.07, 6.45) is 0. The molecule has 2 N–H and O–H groups in total. The number of halogens is 1. The number of rotatable bonds is 3. The Labute approximate surface area is 105 Å². The maximum absolute atomic E-state index is 11.4. The van der Waals surface area contributed by atoms with Crippen molar-refractivity contribution < 1.29 is 4.79 Å². The average Bonchev–Trinajstić information content (AvgIpc) is 2.38. The number of hydrogen-bond donors (Lipinski definition) is 1. The van der Waals surface area contributed by atoms with E-state index in [2.05, 4.69) is 0 Å². The van der Waals surface area contributed by atoms with Crippen molar-refractivity contribution in [2.24, 2.45) is 5.73 Å². The summed E-state index contributed by atoms with van der Waals surface area (Å²) < 4.78 is 0. The van der Waals surface area contributed by atoms with Crippen LogP contribution >= 0.6 is 11.6 Å². The van der Waals surface area contributed by atoms with Gasteiger partial charge in [-0.1, -0.05) is 48.0 Å². The van der Waals surface area contributed by atoms with Crippen molar-refractivity contribution in [3.8, 4) is 11.1 Å². The zero-order valence-corrected chi connectivity index (χ0v) is 9.95. The monoisotopic (exact) mass is 245 g/mol. The molecule has 0 saturated heterocycles. The summed E-state index contributed by atoms with van der Waals surface area (Å²) in [7, 11) is 0. The number of benzene rings is 2. The first-order chi connectivity index (χ1) is 8.20. The second-order valence-corrected chi connectivity index (χ2v) is 4.15. The van der Waals surface area contributed by atoms with E-state index >= 15 is 0 Å². The number of ketones is 1. The van der Waals surface area contributed by atoms with E-state index in [9.17, 15) is 4.79 Å². The van der Waals surface area contributed by atoms with Crippen molar-refractivity contribution in [3.05, 3.63) is 59.1 Å². The largest absolute Gasteiger partial charge is 0.324 e. The molecule has 0 saturated carbocycles. The second kappa shape index (κ2) is 5.13. The first-order valence-electron chi connectivity index (χ1n) is 5.30. The molecule has 2 aromatic carbocycles. The summed E-state index contributed by atoms with van der Waals surface area (Å²) in [6, 6.07) is 15.0. The fourth-order valence-electron chi connectivity index (χ4n) is 1.63. The van der Waals surface area contributed by atoms with E-state index in [0.717, 1.165) is 11.1 Å². The summed E-state index contributed by atoms with van der Waals surface area (Å²) in [4.78, 5) is 11.4. The topological polar surface area (TPSA) is 43.1 Å². The minimum atomic E-state index is -0.0531. The third kappa shape index (κ3) is 2.73. The Balaban J connectivity index is 2.32. The van der Waals surface area contributed by atoms with Crippen molar-refractivity contribution >= 4 is 17.4 Å². The normalized spacial score (nSPS) is 10.2. The van der Waals surface area contributed by atoms with Crippen molar-refractivity contribution in [2.75, 3.05) is 6.54 Å². The van der Waals surface area contributed by atoms with Crippen LogP contribution in [0.1, 0.15) is 10.4 Å². The van der Waals surface area contributed by atoms with E-state index in [4.69, 9.17) is 17.3 Å². The summed E-state index contributed by atoms with van der Waals surface area (Å²) in [6.45, 7) is 0.0382. The molecule has 0 fully saturated rings. The van der Waals surface area contributed by atoms with E-state index < -0.39 is 0 Å². The molecule has 0 unspecified atom stereocenters. The number of nitrogens with two attached hydrogens (primary N) is 1. The molecular formula is C14H12ClNO. The SMILES string of the molecule is NCC(=O)c1ccc(-c2cccc(Cl)c2)cc1. The van der Waals surface area contributed by atoms with E-state index in [1.807, 2.05) is 36.4 Å². The molecule has 0 aliphatic heterocycles. The van der Waals surface area contributed by atoms with Crippen LogP contribution < -0.4 is 5.73 Å². The number of carbonyl (C=O) groups is 1. The predicted octanol–water partition coefficient (Wildman–Crippen LogP) is 3.15. The van der Waals surface area contributed by atoms with Gasteiger partial charge < -0.3 is 5.73 Å². The van der Waals surface area contributed by atoms with Crippen molar-refractivity contribution in [1.82, 2.24) is 0 Å². The summed E-state index contributed by atoms with van der Waals surface area (Å²) in [5, 5.41) is 0.699. The van der Waals surface area contributed by atoms with Gasteiger partial charge in [-0.2, -0.15) is 0 Å². The van der Waals surface area contributed by atoms with E-state index in [0.29, 0.717) is 10.6 Å². The molecule has 0 radical (unpaired) electrons. The lowest BCUT2D eigenvalue weighted by atomic mass is 10.0. The zero-order chi connectivity index (χ0) is 12.3. The van der Waals surface area contributed by atoms with Crippen LogP contribution in [0.5, 0.6) is 0 Å². The Morgan fingerprint density at radius 3 is 2.35 bits per heavy atom. The molecule has 86 valence electrons. The highest BCUT2D eigenvalue weighted by molar-refractivity contribution is 6.30. The van der Waals surface area contributed by atoms with Gasteiger partial charge in [-0.05, 0) is 23.3 Å². The van der Waals surface area contributed by atoms with Gasteiger partial charge in [-0.25, -0.2) is 0 Å². The van der Waals surface area contributed by atoms with Gasteiger partial charge in [-0.3, -0.25) is 4.79 Å². The Hall–Kier alpha value is -1.64. The molecule has 0 amide bonds. The third-order valence-electron chi connectivity index (χ3n) is 2.55. The minimum absolute atomic E-state index is 0.0382. The molecule has 2 nitrogen and oxygen atoms in total. The molecule has 0 atom stereocenters. The Bertz CT molecular complexity index is 534. The van der Waals surface area contributed by atoms with Crippen LogP contribution in [0.4, 0.5) is 0 Å². The van der Waals surface area contributed by atoms with Crippen LogP contribution in [0.15, 0.2) is 48.5 Å². The lowest BCUT2D eigenvalue weighted by Gasteiger charge is -2.03. The smallest absolute Gasteiger partial charge is 0.176 e. The quantitative estimate of drug-likeness (QED) is 0.845. The number of hydrogen-bond acceptors (Lipinski definition) is 2. The second-order valence-electron chi connectivity index (χ2n) is 3.71. The minimum Gasteiger partial charge on any atom is -0.324 e. The van der Waals surface area contributed by atoms with E-state index in [1.165, 1.54) is 0 Å². The number of Topliss-reactive ketones (excluding diaryl/α,β-unsaturated/α-hetero) is 1. The molecular weight excluding hydrogens is 234 g/mol. The maximum atomic E-state index is 11.4. The molecule has 2 rings (SSSR count).